The van der Waals surface area contributed by atoms with Gasteiger partial charge in [-0.25, -0.2) is 4.98 Å². The summed E-state index contributed by atoms with van der Waals surface area (Å²) in [5.41, 5.74) is 4.90. The van der Waals surface area contributed by atoms with Crippen molar-refractivity contribution in [1.29, 1.82) is 0 Å². The van der Waals surface area contributed by atoms with E-state index in [2.05, 4.69) is 72.9 Å². The van der Waals surface area contributed by atoms with Crippen molar-refractivity contribution >= 4 is 11.3 Å². The molecule has 0 atom stereocenters. The molecule has 3 rings (SSSR count). The summed E-state index contributed by atoms with van der Waals surface area (Å²) in [6, 6.07) is 7.12. The van der Waals surface area contributed by atoms with E-state index < -0.39 is 0 Å². The van der Waals surface area contributed by atoms with Crippen LogP contribution in [-0.4, -0.2) is 16.7 Å². The standard InChI is InChI=1S/C24H35NS.C6H14O/c1-7-9-17(10-8-2)21-16-25-22(26-21)18-11-12-19-20(15-18)24(5,6)14-13-23(19,3)4;1-2-3-4-5-6-7/h11-12,15-17H,7-10,13-14H2,1-6H3;7H,2-6H2,1H3. The fraction of sp³-hybridized carbons (Fsp3) is 0.700. The van der Waals surface area contributed by atoms with Gasteiger partial charge >= 0.3 is 0 Å². The third-order valence-corrected chi connectivity index (χ3v) is 8.52. The van der Waals surface area contributed by atoms with Crippen molar-refractivity contribution in [3.63, 3.8) is 0 Å². The molecule has 0 fully saturated rings. The van der Waals surface area contributed by atoms with Crippen LogP contribution in [0.3, 0.4) is 0 Å². The fourth-order valence-electron chi connectivity index (χ4n) is 4.99. The molecule has 0 aliphatic heterocycles. The van der Waals surface area contributed by atoms with E-state index in [1.54, 1.807) is 0 Å². The Bertz CT molecular complexity index is 826. The lowest BCUT2D eigenvalue weighted by atomic mass is 9.63. The number of aliphatic hydroxyl groups excluding tert-OH is 1. The summed E-state index contributed by atoms with van der Waals surface area (Å²) < 4.78 is 0. The molecule has 0 amide bonds. The lowest BCUT2D eigenvalue weighted by Crippen LogP contribution is -2.33. The van der Waals surface area contributed by atoms with Crippen LogP contribution in [0.15, 0.2) is 24.4 Å². The molecular formula is C30H49NOS. The SMILES string of the molecule is CCCC(CCC)c1cnc(-c2ccc3c(c2)C(C)(C)CCC3(C)C)s1.CCCCCCO. The average Bonchev–Trinajstić information content (AvgIpc) is 3.28. The van der Waals surface area contributed by atoms with Crippen LogP contribution in [0.1, 0.15) is 135 Å². The number of hydrogen-bond donors (Lipinski definition) is 1. The van der Waals surface area contributed by atoms with Crippen LogP contribution in [-0.2, 0) is 10.8 Å². The van der Waals surface area contributed by atoms with Gasteiger partial charge in [0.15, 0.2) is 0 Å². The van der Waals surface area contributed by atoms with E-state index in [0.29, 0.717) is 12.5 Å². The Morgan fingerprint density at radius 1 is 0.879 bits per heavy atom. The van der Waals surface area contributed by atoms with Crippen molar-refractivity contribution in [1.82, 2.24) is 4.98 Å². The molecule has 33 heavy (non-hydrogen) atoms. The highest BCUT2D eigenvalue weighted by atomic mass is 32.1. The van der Waals surface area contributed by atoms with Crippen LogP contribution in [0.5, 0.6) is 0 Å². The molecule has 3 heteroatoms. The number of fused-ring (bicyclic) bond motifs is 1. The van der Waals surface area contributed by atoms with Gasteiger partial charge in [-0.1, -0.05) is 92.7 Å². The van der Waals surface area contributed by atoms with E-state index in [1.165, 1.54) is 84.4 Å². The van der Waals surface area contributed by atoms with Crippen LogP contribution in [0.2, 0.25) is 0 Å². The molecule has 1 aromatic heterocycles. The summed E-state index contributed by atoms with van der Waals surface area (Å²) in [6.45, 7) is 16.7. The van der Waals surface area contributed by atoms with Crippen LogP contribution >= 0.6 is 11.3 Å². The van der Waals surface area contributed by atoms with Crippen molar-refractivity contribution < 1.29 is 5.11 Å². The third kappa shape index (κ3) is 7.65. The number of hydrogen-bond acceptors (Lipinski definition) is 3. The summed E-state index contributed by atoms with van der Waals surface area (Å²) in [5.74, 6) is 0.684. The molecule has 0 saturated heterocycles. The second kappa shape index (κ2) is 13.0. The third-order valence-electron chi connectivity index (χ3n) is 7.31. The van der Waals surface area contributed by atoms with Gasteiger partial charge in [0.1, 0.15) is 5.01 Å². The Kier molecular flexibility index (Phi) is 11.1. The van der Waals surface area contributed by atoms with E-state index >= 15 is 0 Å². The molecule has 1 aromatic carbocycles. The van der Waals surface area contributed by atoms with Gasteiger partial charge in [0.2, 0.25) is 0 Å². The first-order valence-corrected chi connectivity index (χ1v) is 14.2. The predicted octanol–water partition coefficient (Wildman–Crippen LogP) is 9.40. The van der Waals surface area contributed by atoms with Gasteiger partial charge < -0.3 is 5.11 Å². The van der Waals surface area contributed by atoms with Crippen molar-refractivity contribution in [2.45, 2.75) is 129 Å². The average molecular weight is 472 g/mol. The van der Waals surface area contributed by atoms with Crippen LogP contribution in [0.4, 0.5) is 0 Å². The molecule has 2 nitrogen and oxygen atoms in total. The Morgan fingerprint density at radius 3 is 2.09 bits per heavy atom. The Morgan fingerprint density at radius 2 is 1.52 bits per heavy atom. The first-order chi connectivity index (χ1) is 15.7. The van der Waals surface area contributed by atoms with Crippen molar-refractivity contribution in [2.75, 3.05) is 6.61 Å². The number of benzene rings is 1. The number of unbranched alkanes of at least 4 members (excludes halogenated alkanes) is 3. The minimum Gasteiger partial charge on any atom is -0.396 e. The molecule has 1 aliphatic rings. The second-order valence-corrected chi connectivity index (χ2v) is 12.2. The fourth-order valence-corrected chi connectivity index (χ4v) is 6.08. The zero-order valence-corrected chi connectivity index (χ0v) is 23.3. The quantitative estimate of drug-likeness (QED) is 0.350. The molecule has 0 unspecified atom stereocenters. The summed E-state index contributed by atoms with van der Waals surface area (Å²) in [4.78, 5) is 6.30. The normalized spacial score (nSPS) is 16.3. The minimum absolute atomic E-state index is 0.258. The van der Waals surface area contributed by atoms with Crippen LogP contribution in [0, 0.1) is 0 Å². The smallest absolute Gasteiger partial charge is 0.123 e. The van der Waals surface area contributed by atoms with Gasteiger partial charge in [-0.2, -0.15) is 0 Å². The molecule has 1 heterocycles. The van der Waals surface area contributed by atoms with E-state index in [-0.39, 0.29) is 10.8 Å². The Labute approximate surface area is 208 Å². The van der Waals surface area contributed by atoms with Gasteiger partial charge in [0, 0.05) is 23.2 Å². The van der Waals surface area contributed by atoms with Gasteiger partial charge in [0.05, 0.1) is 0 Å². The number of aliphatic hydroxyl groups is 1. The highest BCUT2D eigenvalue weighted by Crippen LogP contribution is 2.47. The maximum Gasteiger partial charge on any atom is 0.123 e. The molecule has 2 aromatic rings. The van der Waals surface area contributed by atoms with E-state index in [4.69, 9.17) is 10.1 Å². The van der Waals surface area contributed by atoms with E-state index in [9.17, 15) is 0 Å². The maximum atomic E-state index is 8.29. The molecule has 1 N–H and O–H groups in total. The van der Waals surface area contributed by atoms with Crippen LogP contribution in [0.25, 0.3) is 10.6 Å². The molecule has 0 saturated carbocycles. The molecular weight excluding hydrogens is 422 g/mol. The maximum absolute atomic E-state index is 8.29. The monoisotopic (exact) mass is 471 g/mol. The summed E-state index contributed by atoms with van der Waals surface area (Å²) >= 11 is 1.91. The van der Waals surface area contributed by atoms with Gasteiger partial charge in [-0.05, 0) is 66.0 Å². The second-order valence-electron chi connectivity index (χ2n) is 11.2. The largest absolute Gasteiger partial charge is 0.396 e. The predicted molar refractivity (Wildman–Crippen MR) is 147 cm³/mol. The molecule has 0 bridgehead atoms. The Hall–Kier alpha value is -1.19. The Balaban J connectivity index is 0.000000479. The first-order valence-electron chi connectivity index (χ1n) is 13.4. The van der Waals surface area contributed by atoms with Gasteiger partial charge in [0.25, 0.3) is 0 Å². The van der Waals surface area contributed by atoms with Gasteiger partial charge in [-0.3, -0.25) is 0 Å². The van der Waals surface area contributed by atoms with Crippen molar-refractivity contribution in [2.24, 2.45) is 0 Å². The first kappa shape index (κ1) is 28.1. The summed E-state index contributed by atoms with van der Waals surface area (Å²) in [7, 11) is 0. The molecule has 0 radical (unpaired) electrons. The number of aromatic nitrogens is 1. The van der Waals surface area contributed by atoms with Gasteiger partial charge in [-0.15, -0.1) is 11.3 Å². The van der Waals surface area contributed by atoms with E-state index in [1.807, 2.05) is 11.3 Å². The number of nitrogens with zero attached hydrogens (tertiary/aromatic N) is 1. The zero-order chi connectivity index (χ0) is 24.5. The highest BCUT2D eigenvalue weighted by Gasteiger charge is 2.37. The summed E-state index contributed by atoms with van der Waals surface area (Å²) in [5, 5.41) is 9.49. The lowest BCUT2D eigenvalue weighted by molar-refractivity contribution is 0.283. The van der Waals surface area contributed by atoms with Crippen molar-refractivity contribution in [3.05, 3.63) is 40.4 Å². The number of thiazole rings is 1. The van der Waals surface area contributed by atoms with Crippen molar-refractivity contribution in [3.8, 4) is 10.6 Å². The molecule has 186 valence electrons. The highest BCUT2D eigenvalue weighted by molar-refractivity contribution is 7.15. The minimum atomic E-state index is 0.258. The lowest BCUT2D eigenvalue weighted by Gasteiger charge is -2.42. The number of rotatable bonds is 10. The molecule has 1 aliphatic carbocycles. The summed E-state index contributed by atoms with van der Waals surface area (Å²) in [6.07, 6.45) is 14.4. The molecule has 0 spiro atoms. The van der Waals surface area contributed by atoms with E-state index in [0.717, 1.165) is 6.42 Å². The topological polar surface area (TPSA) is 33.1 Å². The zero-order valence-electron chi connectivity index (χ0n) is 22.5. The van der Waals surface area contributed by atoms with Crippen LogP contribution < -0.4 is 0 Å².